The molecule has 8 heteroatoms. The van der Waals surface area contributed by atoms with Crippen molar-refractivity contribution in [2.75, 3.05) is 0 Å². The van der Waals surface area contributed by atoms with E-state index in [0.717, 1.165) is 17.0 Å². The third-order valence-electron chi connectivity index (χ3n) is 6.18. The fraction of sp³-hybridized carbons (Fsp3) is 0.261. The van der Waals surface area contributed by atoms with Crippen LogP contribution in [0.3, 0.4) is 0 Å². The van der Waals surface area contributed by atoms with E-state index < -0.39 is 4.92 Å². The lowest BCUT2D eigenvalue weighted by molar-refractivity contribution is -0.384. The van der Waals surface area contributed by atoms with Gasteiger partial charge in [-0.3, -0.25) is 19.7 Å². The Morgan fingerprint density at radius 3 is 2.39 bits per heavy atom. The highest BCUT2D eigenvalue weighted by Gasteiger charge is 2.59. The topological polar surface area (TPSA) is 102 Å². The van der Waals surface area contributed by atoms with E-state index in [9.17, 15) is 19.7 Å². The number of fused-ring (bicyclic) bond motifs is 5. The fourth-order valence-electron chi connectivity index (χ4n) is 4.69. The third kappa shape index (κ3) is 3.39. The minimum Gasteiger partial charge on any atom is -0.489 e. The van der Waals surface area contributed by atoms with Gasteiger partial charge in [0.1, 0.15) is 12.4 Å². The number of benzene rings is 2. The van der Waals surface area contributed by atoms with E-state index in [1.807, 2.05) is 0 Å². The number of hydrogen-bond acceptors (Lipinski definition) is 6. The summed E-state index contributed by atoms with van der Waals surface area (Å²) in [4.78, 5) is 35.7. The summed E-state index contributed by atoms with van der Waals surface area (Å²) in [7, 11) is 0. The number of amides is 2. The van der Waals surface area contributed by atoms with Crippen LogP contribution in [0.1, 0.15) is 17.5 Å². The zero-order chi connectivity index (χ0) is 21.5. The molecule has 2 fully saturated rings. The number of ether oxygens (including phenoxy) is 1. The predicted octanol–water partition coefficient (Wildman–Crippen LogP) is 3.31. The number of nitrogens with zero attached hydrogens (tertiary/aromatic N) is 3. The van der Waals surface area contributed by atoms with Gasteiger partial charge in [-0.1, -0.05) is 24.3 Å². The Bertz CT molecular complexity index is 1090. The maximum Gasteiger partial charge on any atom is 0.269 e. The molecule has 4 atom stereocenters. The first kappa shape index (κ1) is 19.2. The number of nitro benzene ring substituents is 1. The summed E-state index contributed by atoms with van der Waals surface area (Å²) >= 11 is 0. The number of non-ortho nitro benzene ring substituents is 1. The van der Waals surface area contributed by atoms with E-state index in [1.54, 1.807) is 36.4 Å². The first-order valence-corrected chi connectivity index (χ1v) is 10.1. The van der Waals surface area contributed by atoms with Crippen LogP contribution in [0.15, 0.2) is 65.8 Å². The Morgan fingerprint density at radius 2 is 1.74 bits per heavy atom. The Morgan fingerprint density at radius 1 is 1.06 bits per heavy atom. The van der Waals surface area contributed by atoms with Gasteiger partial charge in [0.05, 0.1) is 23.0 Å². The highest BCUT2D eigenvalue weighted by molar-refractivity contribution is 6.06. The lowest BCUT2D eigenvalue weighted by atomic mass is 9.85. The van der Waals surface area contributed by atoms with Crippen LogP contribution in [0, 0.1) is 33.8 Å². The minimum atomic E-state index is -0.447. The molecule has 0 spiro atoms. The van der Waals surface area contributed by atoms with Crippen molar-refractivity contribution < 1.29 is 19.2 Å². The van der Waals surface area contributed by atoms with Crippen molar-refractivity contribution in [3.05, 3.63) is 81.9 Å². The first-order chi connectivity index (χ1) is 15.0. The molecule has 2 aliphatic carbocycles. The van der Waals surface area contributed by atoms with Crippen molar-refractivity contribution in [2.24, 2.45) is 28.8 Å². The average Bonchev–Trinajstić information content (AvgIpc) is 3.46. The lowest BCUT2D eigenvalue weighted by Gasteiger charge is -2.13. The van der Waals surface area contributed by atoms with Crippen molar-refractivity contribution in [3.8, 4) is 5.75 Å². The third-order valence-corrected chi connectivity index (χ3v) is 6.18. The first-order valence-electron chi connectivity index (χ1n) is 10.1. The number of carbonyl (C=O) groups is 2. The molecule has 1 heterocycles. The molecule has 2 aromatic carbocycles. The van der Waals surface area contributed by atoms with Gasteiger partial charge in [-0.2, -0.15) is 10.1 Å². The number of carbonyl (C=O) groups excluding carboxylic acids is 2. The molecule has 3 aliphatic rings. The lowest BCUT2D eigenvalue weighted by Crippen LogP contribution is -2.28. The molecule has 1 saturated heterocycles. The fourth-order valence-corrected chi connectivity index (χ4v) is 4.69. The van der Waals surface area contributed by atoms with Gasteiger partial charge in [0.15, 0.2) is 0 Å². The van der Waals surface area contributed by atoms with E-state index in [2.05, 4.69) is 17.3 Å². The van der Waals surface area contributed by atoms with Crippen LogP contribution in [-0.2, 0) is 16.2 Å². The van der Waals surface area contributed by atoms with Crippen LogP contribution >= 0.6 is 0 Å². The molecule has 2 amide bonds. The van der Waals surface area contributed by atoms with Crippen LogP contribution in [0.2, 0.25) is 0 Å². The molecule has 2 aromatic rings. The number of hydrazone groups is 1. The van der Waals surface area contributed by atoms with Gasteiger partial charge in [-0.15, -0.1) is 0 Å². The molecule has 1 aliphatic heterocycles. The quantitative estimate of drug-likeness (QED) is 0.236. The number of allylic oxidation sites excluding steroid dienone is 2. The van der Waals surface area contributed by atoms with Gasteiger partial charge >= 0.3 is 0 Å². The van der Waals surface area contributed by atoms with Crippen LogP contribution in [0.4, 0.5) is 5.69 Å². The second-order valence-electron chi connectivity index (χ2n) is 8.02. The highest BCUT2D eigenvalue weighted by Crippen LogP contribution is 2.52. The summed E-state index contributed by atoms with van der Waals surface area (Å²) in [6, 6.07) is 13.3. The predicted molar refractivity (Wildman–Crippen MR) is 111 cm³/mol. The Balaban J connectivity index is 1.24. The summed E-state index contributed by atoms with van der Waals surface area (Å²) in [6.45, 7) is 0.251. The van der Waals surface area contributed by atoms with Gasteiger partial charge in [-0.25, -0.2) is 0 Å². The number of hydrogen-bond donors (Lipinski definition) is 0. The standard InChI is InChI=1S/C23H19N3O5/c27-22-20-16-6-7-17(11-16)21(20)23(28)25(22)24-12-15-2-1-3-19(10-15)31-13-14-4-8-18(9-5-14)26(29)30/h1-10,12,16-17,20-21H,11,13H2/b24-12-/t16-,17-,20-,21+/m0/s1. The van der Waals surface area contributed by atoms with Crippen LogP contribution in [-0.4, -0.2) is 28.0 Å². The summed E-state index contributed by atoms with van der Waals surface area (Å²) in [5.74, 6) is -0.0690. The molecule has 0 N–H and O–H groups in total. The SMILES string of the molecule is O=C1[C@@H]2[C@H](C(=O)N1/N=C\c1cccc(OCc3ccc([N+](=O)[O-])cc3)c1)[C@H]1C=C[C@H]2C1. The molecule has 8 nitrogen and oxygen atoms in total. The van der Waals surface area contributed by atoms with Crippen molar-refractivity contribution in [1.82, 2.24) is 5.01 Å². The van der Waals surface area contributed by atoms with Gasteiger partial charge in [0.25, 0.3) is 17.5 Å². The smallest absolute Gasteiger partial charge is 0.269 e. The Labute approximate surface area is 178 Å². The molecule has 0 unspecified atom stereocenters. The number of imide groups is 1. The molecule has 31 heavy (non-hydrogen) atoms. The van der Waals surface area contributed by atoms with E-state index in [-0.39, 0.29) is 47.8 Å². The zero-order valence-electron chi connectivity index (χ0n) is 16.5. The summed E-state index contributed by atoms with van der Waals surface area (Å²) < 4.78 is 5.76. The van der Waals surface area contributed by atoms with E-state index in [0.29, 0.717) is 11.3 Å². The van der Waals surface area contributed by atoms with Crippen LogP contribution < -0.4 is 4.74 Å². The molecular formula is C23H19N3O5. The maximum absolute atomic E-state index is 12.7. The molecule has 1 saturated carbocycles. The van der Waals surface area contributed by atoms with Gasteiger partial charge < -0.3 is 4.74 Å². The van der Waals surface area contributed by atoms with Gasteiger partial charge in [0, 0.05) is 12.1 Å². The minimum absolute atomic E-state index is 0.0286. The second kappa shape index (κ2) is 7.46. The van der Waals surface area contributed by atoms with Crippen LogP contribution in [0.25, 0.3) is 0 Å². The largest absolute Gasteiger partial charge is 0.489 e. The second-order valence-corrected chi connectivity index (χ2v) is 8.02. The highest BCUT2D eigenvalue weighted by atomic mass is 16.6. The number of nitro groups is 1. The monoisotopic (exact) mass is 417 g/mol. The van der Waals surface area contributed by atoms with E-state index >= 15 is 0 Å². The average molecular weight is 417 g/mol. The molecular weight excluding hydrogens is 398 g/mol. The van der Waals surface area contributed by atoms with Crippen molar-refractivity contribution in [3.63, 3.8) is 0 Å². The summed E-state index contributed by atoms with van der Waals surface area (Å²) in [5, 5.41) is 15.9. The number of rotatable bonds is 6. The van der Waals surface area contributed by atoms with Crippen molar-refractivity contribution in [2.45, 2.75) is 13.0 Å². The molecule has 2 bridgehead atoms. The molecule has 0 aromatic heterocycles. The molecule has 0 radical (unpaired) electrons. The van der Waals surface area contributed by atoms with Gasteiger partial charge in [-0.05, 0) is 53.6 Å². The summed E-state index contributed by atoms with van der Waals surface area (Å²) in [6.07, 6.45) is 6.48. The zero-order valence-corrected chi connectivity index (χ0v) is 16.5. The van der Waals surface area contributed by atoms with E-state index in [4.69, 9.17) is 4.74 Å². The molecule has 156 valence electrons. The Hall–Kier alpha value is -3.81. The summed E-state index contributed by atoms with van der Waals surface area (Å²) in [5.41, 5.74) is 1.52. The van der Waals surface area contributed by atoms with Crippen molar-refractivity contribution in [1.29, 1.82) is 0 Å². The van der Waals surface area contributed by atoms with Crippen LogP contribution in [0.5, 0.6) is 5.75 Å². The molecule has 5 rings (SSSR count). The van der Waals surface area contributed by atoms with E-state index in [1.165, 1.54) is 18.3 Å². The maximum atomic E-state index is 12.7. The van der Waals surface area contributed by atoms with Gasteiger partial charge in [0.2, 0.25) is 0 Å². The normalized spacial score (nSPS) is 26.1. The van der Waals surface area contributed by atoms with Crippen molar-refractivity contribution >= 4 is 23.7 Å². The Kier molecular flexibility index (Phi) is 4.62.